The second kappa shape index (κ2) is 6.48. The molecule has 0 unspecified atom stereocenters. The van der Waals surface area contributed by atoms with Crippen LogP contribution in [0, 0.1) is 0 Å². The highest BCUT2D eigenvalue weighted by Gasteiger charge is 2.31. The molecular weight excluding hydrogens is 296 g/mol. The van der Waals surface area contributed by atoms with Crippen LogP contribution >= 0.6 is 0 Å². The van der Waals surface area contributed by atoms with Crippen LogP contribution in [0.15, 0.2) is 42.6 Å². The van der Waals surface area contributed by atoms with Crippen LogP contribution in [0.1, 0.15) is 22.8 Å². The van der Waals surface area contributed by atoms with Crippen molar-refractivity contribution in [3.05, 3.63) is 53.7 Å². The molecule has 0 saturated carbocycles. The van der Waals surface area contributed by atoms with Crippen LogP contribution in [0.5, 0.6) is 5.88 Å². The minimum absolute atomic E-state index is 0.339. The summed E-state index contributed by atoms with van der Waals surface area (Å²) < 4.78 is 10.6. The van der Waals surface area contributed by atoms with Crippen LogP contribution in [0.2, 0.25) is 0 Å². The Morgan fingerprint density at radius 2 is 2.17 bits per heavy atom. The molecule has 3 rings (SSSR count). The van der Waals surface area contributed by atoms with E-state index in [1.807, 2.05) is 19.1 Å². The van der Waals surface area contributed by atoms with E-state index in [0.29, 0.717) is 30.2 Å². The highest BCUT2D eigenvalue weighted by atomic mass is 16.5. The zero-order valence-corrected chi connectivity index (χ0v) is 12.6. The number of rotatable bonds is 4. The first-order chi connectivity index (χ1) is 11.2. The number of carbonyl (C=O) groups excluding carboxylic acids is 2. The van der Waals surface area contributed by atoms with Crippen LogP contribution in [0.3, 0.4) is 0 Å². The van der Waals surface area contributed by atoms with Crippen molar-refractivity contribution in [1.82, 2.24) is 4.98 Å². The number of aromatic nitrogens is 1. The molecule has 6 nitrogen and oxygen atoms in total. The minimum atomic E-state index is -0.868. The first-order valence-electron chi connectivity index (χ1n) is 7.36. The summed E-state index contributed by atoms with van der Waals surface area (Å²) in [5.74, 6) is -0.545. The van der Waals surface area contributed by atoms with E-state index in [0.717, 1.165) is 5.56 Å². The Hall–Kier alpha value is -2.89. The highest BCUT2D eigenvalue weighted by Crippen LogP contribution is 2.24. The minimum Gasteiger partial charge on any atom is -0.476 e. The lowest BCUT2D eigenvalue weighted by atomic mass is 9.98. The maximum atomic E-state index is 12.4. The monoisotopic (exact) mass is 312 g/mol. The second-order valence-electron chi connectivity index (χ2n) is 5.03. The number of nitrogens with zero attached hydrogens (tertiary/aromatic N) is 1. The molecule has 1 aromatic carbocycles. The van der Waals surface area contributed by atoms with Gasteiger partial charge in [-0.05, 0) is 30.7 Å². The molecule has 1 atom stereocenters. The molecule has 0 spiro atoms. The summed E-state index contributed by atoms with van der Waals surface area (Å²) in [7, 11) is 0. The smallest absolute Gasteiger partial charge is 0.339 e. The number of fused-ring (bicyclic) bond motifs is 1. The first-order valence-corrected chi connectivity index (χ1v) is 7.36. The van der Waals surface area contributed by atoms with Crippen molar-refractivity contribution in [2.45, 2.75) is 19.4 Å². The van der Waals surface area contributed by atoms with Crippen LogP contribution in [0.4, 0.5) is 5.69 Å². The standard InChI is InChI=1S/C17H16N2O4/c1-2-22-16-13(8-5-9-18-16)19-15(20)14-10-11-6-3-4-7-12(11)17(21)23-14/h3-9,14H,2,10H2,1H3,(H,19,20)/t14-/m0/s1. The molecule has 23 heavy (non-hydrogen) atoms. The maximum Gasteiger partial charge on any atom is 0.339 e. The summed E-state index contributed by atoms with van der Waals surface area (Å²) in [5.41, 5.74) is 1.77. The molecule has 1 N–H and O–H groups in total. The Kier molecular flexibility index (Phi) is 4.23. The van der Waals surface area contributed by atoms with Gasteiger partial charge in [0.2, 0.25) is 5.88 Å². The molecule has 1 aliphatic heterocycles. The number of esters is 1. The highest BCUT2D eigenvalue weighted by molar-refractivity contribution is 6.00. The molecule has 6 heteroatoms. The number of amides is 1. The van der Waals surface area contributed by atoms with Crippen molar-refractivity contribution in [2.75, 3.05) is 11.9 Å². The number of hydrogen-bond donors (Lipinski definition) is 1. The van der Waals surface area contributed by atoms with Crippen LogP contribution in [-0.2, 0) is 16.0 Å². The van der Waals surface area contributed by atoms with Crippen molar-refractivity contribution in [3.63, 3.8) is 0 Å². The van der Waals surface area contributed by atoms with Crippen molar-refractivity contribution < 1.29 is 19.1 Å². The molecule has 2 aromatic rings. The number of cyclic esters (lactones) is 1. The molecular formula is C17H16N2O4. The number of ether oxygens (including phenoxy) is 2. The average Bonchev–Trinajstić information content (AvgIpc) is 2.57. The summed E-state index contributed by atoms with van der Waals surface area (Å²) in [6.45, 7) is 2.27. The van der Waals surface area contributed by atoms with Gasteiger partial charge in [-0.15, -0.1) is 0 Å². The van der Waals surface area contributed by atoms with E-state index in [9.17, 15) is 9.59 Å². The zero-order valence-electron chi connectivity index (χ0n) is 12.6. The summed E-state index contributed by atoms with van der Waals surface area (Å²) >= 11 is 0. The lowest BCUT2D eigenvalue weighted by Gasteiger charge is -2.24. The molecule has 0 bridgehead atoms. The third-order valence-electron chi connectivity index (χ3n) is 3.49. The Bertz CT molecular complexity index is 745. The predicted octanol–water partition coefficient (Wildman–Crippen LogP) is 2.20. The van der Waals surface area contributed by atoms with Gasteiger partial charge in [-0.1, -0.05) is 18.2 Å². The first kappa shape index (κ1) is 15.0. The third kappa shape index (κ3) is 3.15. The van der Waals surface area contributed by atoms with E-state index in [-0.39, 0.29) is 0 Å². The van der Waals surface area contributed by atoms with Gasteiger partial charge in [-0.3, -0.25) is 4.79 Å². The van der Waals surface area contributed by atoms with Crippen LogP contribution in [-0.4, -0.2) is 29.6 Å². The van der Waals surface area contributed by atoms with E-state index < -0.39 is 18.0 Å². The molecule has 0 saturated heterocycles. The van der Waals surface area contributed by atoms with Gasteiger partial charge in [0.15, 0.2) is 6.10 Å². The van der Waals surface area contributed by atoms with E-state index in [4.69, 9.17) is 9.47 Å². The fourth-order valence-electron chi connectivity index (χ4n) is 2.43. The molecule has 1 aliphatic rings. The summed E-state index contributed by atoms with van der Waals surface area (Å²) in [6.07, 6.45) is 1.06. The second-order valence-corrected chi connectivity index (χ2v) is 5.03. The number of pyridine rings is 1. The van der Waals surface area contributed by atoms with Crippen molar-refractivity contribution in [1.29, 1.82) is 0 Å². The normalized spacial score (nSPS) is 16.2. The van der Waals surface area contributed by atoms with E-state index >= 15 is 0 Å². The Labute approximate surface area is 133 Å². The molecule has 0 radical (unpaired) electrons. The summed E-state index contributed by atoms with van der Waals surface area (Å²) in [6, 6.07) is 10.5. The zero-order chi connectivity index (χ0) is 16.2. The van der Waals surface area contributed by atoms with Crippen molar-refractivity contribution in [3.8, 4) is 5.88 Å². The summed E-state index contributed by atoms with van der Waals surface area (Å²) in [4.78, 5) is 28.5. The number of anilines is 1. The SMILES string of the molecule is CCOc1ncccc1NC(=O)[C@@H]1Cc2ccccc2C(=O)O1. The molecule has 2 heterocycles. The Morgan fingerprint density at radius 3 is 3.00 bits per heavy atom. The summed E-state index contributed by atoms with van der Waals surface area (Å²) in [5, 5.41) is 2.71. The van der Waals surface area contributed by atoms with Gasteiger partial charge in [0, 0.05) is 12.6 Å². The Balaban J connectivity index is 1.76. The Morgan fingerprint density at radius 1 is 1.35 bits per heavy atom. The van der Waals surface area contributed by atoms with Crippen LogP contribution < -0.4 is 10.1 Å². The number of nitrogens with one attached hydrogen (secondary N) is 1. The molecule has 1 amide bonds. The van der Waals surface area contributed by atoms with Gasteiger partial charge in [-0.2, -0.15) is 0 Å². The maximum absolute atomic E-state index is 12.4. The third-order valence-corrected chi connectivity index (χ3v) is 3.49. The number of hydrogen-bond acceptors (Lipinski definition) is 5. The van der Waals surface area contributed by atoms with Gasteiger partial charge in [0.25, 0.3) is 5.91 Å². The predicted molar refractivity (Wildman–Crippen MR) is 83.4 cm³/mol. The molecule has 1 aromatic heterocycles. The van der Waals surface area contributed by atoms with Gasteiger partial charge in [-0.25, -0.2) is 9.78 Å². The average molecular weight is 312 g/mol. The molecule has 118 valence electrons. The van der Waals surface area contributed by atoms with Gasteiger partial charge < -0.3 is 14.8 Å². The van der Waals surface area contributed by atoms with Crippen molar-refractivity contribution >= 4 is 17.6 Å². The quantitative estimate of drug-likeness (QED) is 0.876. The van der Waals surface area contributed by atoms with Gasteiger partial charge in [0.05, 0.1) is 12.2 Å². The molecule has 0 aliphatic carbocycles. The van der Waals surface area contributed by atoms with Crippen molar-refractivity contribution in [2.24, 2.45) is 0 Å². The molecule has 0 fully saturated rings. The van der Waals surface area contributed by atoms with Gasteiger partial charge >= 0.3 is 5.97 Å². The lowest BCUT2D eigenvalue weighted by Crippen LogP contribution is -2.38. The topological polar surface area (TPSA) is 77.5 Å². The van der Waals surface area contributed by atoms with Crippen LogP contribution in [0.25, 0.3) is 0 Å². The fourth-order valence-corrected chi connectivity index (χ4v) is 2.43. The van der Waals surface area contributed by atoms with E-state index in [1.54, 1.807) is 30.5 Å². The largest absolute Gasteiger partial charge is 0.476 e. The lowest BCUT2D eigenvalue weighted by molar-refractivity contribution is -0.125. The van der Waals surface area contributed by atoms with Gasteiger partial charge in [0.1, 0.15) is 5.69 Å². The number of benzene rings is 1. The van der Waals surface area contributed by atoms with E-state index in [1.165, 1.54) is 0 Å². The van der Waals surface area contributed by atoms with E-state index in [2.05, 4.69) is 10.3 Å². The number of carbonyl (C=O) groups is 2. The fraction of sp³-hybridized carbons (Fsp3) is 0.235.